The van der Waals surface area contributed by atoms with Crippen molar-refractivity contribution in [2.75, 3.05) is 46.9 Å². The predicted octanol–water partition coefficient (Wildman–Crippen LogP) is 2.17. The van der Waals surface area contributed by atoms with E-state index in [4.69, 9.17) is 9.73 Å². The van der Waals surface area contributed by atoms with Gasteiger partial charge in [0.25, 0.3) is 5.91 Å². The summed E-state index contributed by atoms with van der Waals surface area (Å²) in [5.74, 6) is 0.626. The normalized spacial score (nSPS) is 17.0. The second-order valence-electron chi connectivity index (χ2n) is 7.42. The first-order valence-electron chi connectivity index (χ1n) is 10.5. The van der Waals surface area contributed by atoms with Crippen molar-refractivity contribution in [1.29, 1.82) is 0 Å². The number of likely N-dealkylation sites (tertiary alicyclic amines) is 1. The molecule has 1 aromatic rings. The molecule has 1 fully saturated rings. The van der Waals surface area contributed by atoms with Crippen LogP contribution in [0, 0.1) is 5.92 Å². The van der Waals surface area contributed by atoms with Gasteiger partial charge in [0.1, 0.15) is 0 Å². The molecule has 0 aromatic heterocycles. The van der Waals surface area contributed by atoms with Gasteiger partial charge in [-0.25, -0.2) is 0 Å². The first kappa shape index (κ1) is 22.7. The molecular weight excluding hydrogens is 368 g/mol. The highest BCUT2D eigenvalue weighted by Gasteiger charge is 2.28. The average Bonchev–Trinajstić information content (AvgIpc) is 2.73. The Kier molecular flexibility index (Phi) is 8.96. The largest absolute Gasteiger partial charge is 0.466 e. The summed E-state index contributed by atoms with van der Waals surface area (Å²) in [7, 11) is 3.51. The molecule has 1 amide bonds. The second kappa shape index (κ2) is 11.4. The number of aliphatic imine (C=N–C) groups is 1. The van der Waals surface area contributed by atoms with E-state index in [0.29, 0.717) is 25.3 Å². The van der Waals surface area contributed by atoms with Crippen molar-refractivity contribution in [3.8, 4) is 0 Å². The SMILES string of the molecule is CCNC(=NCCc1cccc(C(=O)N(C)C)c1)N1CCCC(C(=O)OCC)C1. The molecule has 0 bridgehead atoms. The number of esters is 1. The highest BCUT2D eigenvalue weighted by atomic mass is 16.5. The molecule has 1 saturated heterocycles. The van der Waals surface area contributed by atoms with Gasteiger partial charge in [-0.05, 0) is 50.8 Å². The van der Waals surface area contributed by atoms with Gasteiger partial charge in [0.05, 0.1) is 12.5 Å². The summed E-state index contributed by atoms with van der Waals surface area (Å²) in [5.41, 5.74) is 1.78. The minimum atomic E-state index is -0.115. The maximum atomic E-state index is 12.1. The predicted molar refractivity (Wildman–Crippen MR) is 115 cm³/mol. The summed E-state index contributed by atoms with van der Waals surface area (Å²) in [4.78, 5) is 32.8. The monoisotopic (exact) mass is 402 g/mol. The van der Waals surface area contributed by atoms with E-state index >= 15 is 0 Å². The van der Waals surface area contributed by atoms with Crippen molar-refractivity contribution in [3.05, 3.63) is 35.4 Å². The number of carbonyl (C=O) groups excluding carboxylic acids is 2. The summed E-state index contributed by atoms with van der Waals surface area (Å²) in [6.07, 6.45) is 2.56. The van der Waals surface area contributed by atoms with Gasteiger partial charge in [0, 0.05) is 45.8 Å². The van der Waals surface area contributed by atoms with E-state index in [1.54, 1.807) is 19.0 Å². The molecule has 29 heavy (non-hydrogen) atoms. The van der Waals surface area contributed by atoms with Gasteiger partial charge in [-0.2, -0.15) is 0 Å². The van der Waals surface area contributed by atoms with Crippen molar-refractivity contribution in [2.24, 2.45) is 10.9 Å². The molecule has 1 heterocycles. The molecule has 0 saturated carbocycles. The number of hydrogen-bond donors (Lipinski definition) is 1. The molecule has 1 N–H and O–H groups in total. The quantitative estimate of drug-likeness (QED) is 0.430. The van der Waals surface area contributed by atoms with Crippen LogP contribution in [-0.2, 0) is 16.0 Å². The Morgan fingerprint density at radius 1 is 1.31 bits per heavy atom. The van der Waals surface area contributed by atoms with Crippen LogP contribution in [0.25, 0.3) is 0 Å². The van der Waals surface area contributed by atoms with Crippen LogP contribution in [0.15, 0.2) is 29.3 Å². The molecule has 1 aliphatic rings. The summed E-state index contributed by atoms with van der Waals surface area (Å²) >= 11 is 0. The topological polar surface area (TPSA) is 74.2 Å². The Bertz CT molecular complexity index is 718. The molecule has 1 unspecified atom stereocenters. The zero-order valence-corrected chi connectivity index (χ0v) is 18.1. The fourth-order valence-corrected chi connectivity index (χ4v) is 3.46. The van der Waals surface area contributed by atoms with Crippen LogP contribution in [0.1, 0.15) is 42.6 Å². The fraction of sp³-hybridized carbons (Fsp3) is 0.591. The summed E-state index contributed by atoms with van der Waals surface area (Å²) in [6, 6.07) is 7.70. The summed E-state index contributed by atoms with van der Waals surface area (Å²) in [6.45, 7) is 7.20. The molecule has 1 atom stereocenters. The number of ether oxygens (including phenoxy) is 1. The van der Waals surface area contributed by atoms with Gasteiger partial charge in [0.15, 0.2) is 5.96 Å². The second-order valence-corrected chi connectivity index (χ2v) is 7.42. The Morgan fingerprint density at radius 3 is 2.79 bits per heavy atom. The van der Waals surface area contributed by atoms with E-state index < -0.39 is 0 Å². The first-order valence-corrected chi connectivity index (χ1v) is 10.5. The summed E-state index contributed by atoms with van der Waals surface area (Å²) in [5, 5.41) is 3.34. The van der Waals surface area contributed by atoms with Crippen molar-refractivity contribution in [1.82, 2.24) is 15.1 Å². The Labute approximate surface area is 174 Å². The zero-order valence-electron chi connectivity index (χ0n) is 18.1. The van der Waals surface area contributed by atoms with Crippen LogP contribution < -0.4 is 5.32 Å². The molecule has 7 heteroatoms. The minimum absolute atomic E-state index is 0.00186. The number of benzene rings is 1. The number of hydrogen-bond acceptors (Lipinski definition) is 4. The molecule has 0 aliphatic carbocycles. The maximum Gasteiger partial charge on any atom is 0.310 e. The molecule has 1 aliphatic heterocycles. The van der Waals surface area contributed by atoms with E-state index in [1.165, 1.54) is 0 Å². The van der Waals surface area contributed by atoms with E-state index in [9.17, 15) is 9.59 Å². The fourth-order valence-electron chi connectivity index (χ4n) is 3.46. The number of carbonyl (C=O) groups is 2. The molecule has 0 radical (unpaired) electrons. The van der Waals surface area contributed by atoms with Gasteiger partial charge >= 0.3 is 5.97 Å². The lowest BCUT2D eigenvalue weighted by molar-refractivity contribution is -0.149. The van der Waals surface area contributed by atoms with Crippen molar-refractivity contribution >= 4 is 17.8 Å². The lowest BCUT2D eigenvalue weighted by Gasteiger charge is -2.34. The zero-order chi connectivity index (χ0) is 21.2. The van der Waals surface area contributed by atoms with Gasteiger partial charge in [-0.3, -0.25) is 14.6 Å². The minimum Gasteiger partial charge on any atom is -0.466 e. The van der Waals surface area contributed by atoms with E-state index in [1.807, 2.05) is 38.1 Å². The smallest absolute Gasteiger partial charge is 0.310 e. The number of piperidine rings is 1. The molecule has 1 aromatic carbocycles. The molecule has 7 nitrogen and oxygen atoms in total. The van der Waals surface area contributed by atoms with Crippen LogP contribution in [0.5, 0.6) is 0 Å². The third-order valence-electron chi connectivity index (χ3n) is 4.92. The van der Waals surface area contributed by atoms with Gasteiger partial charge < -0.3 is 19.9 Å². The number of nitrogens with one attached hydrogen (secondary N) is 1. The molecule has 0 spiro atoms. The highest BCUT2D eigenvalue weighted by molar-refractivity contribution is 5.94. The number of guanidine groups is 1. The third kappa shape index (κ3) is 6.76. The van der Waals surface area contributed by atoms with Crippen molar-refractivity contribution in [3.63, 3.8) is 0 Å². The molecular formula is C22H34N4O3. The van der Waals surface area contributed by atoms with Gasteiger partial charge in [0.2, 0.25) is 0 Å². The third-order valence-corrected chi connectivity index (χ3v) is 4.92. The number of rotatable bonds is 7. The van der Waals surface area contributed by atoms with Crippen LogP contribution >= 0.6 is 0 Å². The van der Waals surface area contributed by atoms with E-state index in [-0.39, 0.29) is 17.8 Å². The average molecular weight is 403 g/mol. The van der Waals surface area contributed by atoms with Gasteiger partial charge in [-0.15, -0.1) is 0 Å². The lowest BCUT2D eigenvalue weighted by Crippen LogP contribution is -2.48. The van der Waals surface area contributed by atoms with Gasteiger partial charge in [-0.1, -0.05) is 12.1 Å². The van der Waals surface area contributed by atoms with Crippen LogP contribution in [0.2, 0.25) is 0 Å². The maximum absolute atomic E-state index is 12.1. The van der Waals surface area contributed by atoms with E-state index in [0.717, 1.165) is 43.9 Å². The Hall–Kier alpha value is -2.57. The molecule has 2 rings (SSSR count). The van der Waals surface area contributed by atoms with Crippen molar-refractivity contribution < 1.29 is 14.3 Å². The standard InChI is InChI=1S/C22H34N4O3/c1-5-23-22(26-14-8-11-19(16-26)21(28)29-6-2)24-13-12-17-9-7-10-18(15-17)20(27)25(3)4/h7,9-10,15,19H,5-6,8,11-14,16H2,1-4H3,(H,23,24). The van der Waals surface area contributed by atoms with E-state index in [2.05, 4.69) is 10.2 Å². The van der Waals surface area contributed by atoms with Crippen LogP contribution in [0.3, 0.4) is 0 Å². The Balaban J connectivity index is 2.01. The first-order chi connectivity index (χ1) is 14.0. The number of nitrogens with zero attached hydrogens (tertiary/aromatic N) is 3. The van der Waals surface area contributed by atoms with Crippen LogP contribution in [-0.4, -0.2) is 74.5 Å². The number of amides is 1. The van der Waals surface area contributed by atoms with Crippen molar-refractivity contribution in [2.45, 2.75) is 33.1 Å². The van der Waals surface area contributed by atoms with Crippen LogP contribution in [0.4, 0.5) is 0 Å². The lowest BCUT2D eigenvalue weighted by atomic mass is 9.98. The summed E-state index contributed by atoms with van der Waals surface area (Å²) < 4.78 is 5.20. The highest BCUT2D eigenvalue weighted by Crippen LogP contribution is 2.18. The Morgan fingerprint density at radius 2 is 2.10 bits per heavy atom. The molecule has 160 valence electrons.